The number of hydrogen-bond acceptors (Lipinski definition) is 9. The van der Waals surface area contributed by atoms with Crippen LogP contribution in [0.2, 0.25) is 0 Å². The van der Waals surface area contributed by atoms with Crippen LogP contribution in [0.3, 0.4) is 0 Å². The highest BCUT2D eigenvalue weighted by Crippen LogP contribution is 2.31. The molecule has 36 heavy (non-hydrogen) atoms. The minimum atomic E-state index is -0.430. The molecule has 0 unspecified atom stereocenters. The zero-order chi connectivity index (χ0) is 25.7. The van der Waals surface area contributed by atoms with Crippen LogP contribution in [0.15, 0.2) is 54.9 Å². The Morgan fingerprint density at radius 1 is 0.972 bits per heavy atom. The molecule has 0 bridgehead atoms. The van der Waals surface area contributed by atoms with Crippen LogP contribution in [0.25, 0.3) is 16.8 Å². The maximum atomic E-state index is 12.1. The first-order chi connectivity index (χ1) is 17.5. The number of fused-ring (bicyclic) bond motifs is 1. The summed E-state index contributed by atoms with van der Waals surface area (Å²) in [6.45, 7) is 0.415. The molecule has 2 aromatic carbocycles. The highest BCUT2D eigenvalue weighted by molar-refractivity contribution is 5.91. The van der Waals surface area contributed by atoms with Gasteiger partial charge in [-0.05, 0) is 24.3 Å². The van der Waals surface area contributed by atoms with Crippen molar-refractivity contribution in [3.05, 3.63) is 71.8 Å². The molecule has 4 rings (SSSR count). The summed E-state index contributed by atoms with van der Waals surface area (Å²) in [5.74, 6) is 1.58. The molecule has 10 heteroatoms. The van der Waals surface area contributed by atoms with Gasteiger partial charge < -0.3 is 24.3 Å². The summed E-state index contributed by atoms with van der Waals surface area (Å²) in [7, 11) is 5.87. The topological polar surface area (TPSA) is 113 Å². The Labute approximate surface area is 207 Å². The van der Waals surface area contributed by atoms with E-state index in [1.807, 2.05) is 18.2 Å². The number of aromatic nitrogens is 3. The molecular weight excluding hydrogens is 464 g/mol. The molecule has 0 aliphatic rings. The molecule has 2 aromatic heterocycles. The monoisotopic (exact) mass is 490 g/mol. The summed E-state index contributed by atoms with van der Waals surface area (Å²) in [6.07, 6.45) is 3.35. The fourth-order valence-electron chi connectivity index (χ4n) is 3.82. The second-order valence-corrected chi connectivity index (χ2v) is 7.72. The first kappa shape index (κ1) is 24.5. The average molecular weight is 491 g/mol. The smallest absolute Gasteiger partial charge is 0.337 e. The van der Waals surface area contributed by atoms with Crippen LogP contribution in [-0.4, -0.2) is 54.7 Å². The van der Waals surface area contributed by atoms with E-state index in [1.54, 1.807) is 55.3 Å². The predicted molar refractivity (Wildman–Crippen MR) is 132 cm³/mol. The molecule has 10 nitrogen and oxygen atoms in total. The molecule has 0 aliphatic heterocycles. The van der Waals surface area contributed by atoms with Gasteiger partial charge in [0.1, 0.15) is 35.0 Å². The largest absolute Gasteiger partial charge is 0.497 e. The van der Waals surface area contributed by atoms with Gasteiger partial charge in [-0.25, -0.2) is 14.8 Å². The van der Waals surface area contributed by atoms with E-state index in [2.05, 4.69) is 10.3 Å². The molecular formula is C26H26N4O6. The molecule has 0 saturated heterocycles. The van der Waals surface area contributed by atoms with Gasteiger partial charge in [0.2, 0.25) is 0 Å². The maximum Gasteiger partial charge on any atom is 0.337 e. The van der Waals surface area contributed by atoms with Crippen LogP contribution < -0.4 is 14.8 Å². The lowest BCUT2D eigenvalue weighted by Gasteiger charge is -2.13. The van der Waals surface area contributed by atoms with E-state index >= 15 is 0 Å². The average Bonchev–Trinajstić information content (AvgIpc) is 3.30. The summed E-state index contributed by atoms with van der Waals surface area (Å²) < 4.78 is 22.2. The number of imidazole rings is 1. The molecule has 2 heterocycles. The quantitative estimate of drug-likeness (QED) is 0.352. The maximum absolute atomic E-state index is 12.1. The van der Waals surface area contributed by atoms with Crippen molar-refractivity contribution in [3.63, 3.8) is 0 Å². The number of benzene rings is 2. The van der Waals surface area contributed by atoms with Crippen molar-refractivity contribution in [1.29, 1.82) is 0 Å². The second kappa shape index (κ2) is 10.8. The first-order valence-electron chi connectivity index (χ1n) is 11.0. The van der Waals surface area contributed by atoms with Crippen LogP contribution in [0, 0.1) is 0 Å². The van der Waals surface area contributed by atoms with Gasteiger partial charge in [0.15, 0.2) is 5.82 Å². The standard InChI is InChI=1S/C26H26N4O6/c1-33-19-10-9-18(20(13-19)34-2)15-28-25-24-23(16-5-7-17(8-6-16)26(32)36-4)29-21(14-22(31)35-3)30(24)12-11-27-25/h5-13H,14-15H2,1-4H3,(H,27,28). The van der Waals surface area contributed by atoms with E-state index < -0.39 is 11.9 Å². The normalized spacial score (nSPS) is 10.7. The van der Waals surface area contributed by atoms with Crippen LogP contribution in [0.4, 0.5) is 5.82 Å². The summed E-state index contributed by atoms with van der Waals surface area (Å²) in [6, 6.07) is 12.5. The van der Waals surface area contributed by atoms with Gasteiger partial charge in [-0.15, -0.1) is 0 Å². The molecule has 1 N–H and O–H groups in total. The van der Waals surface area contributed by atoms with Crippen molar-refractivity contribution in [1.82, 2.24) is 14.4 Å². The first-order valence-corrected chi connectivity index (χ1v) is 11.0. The predicted octanol–water partition coefficient (Wildman–Crippen LogP) is 3.53. The Morgan fingerprint density at radius 2 is 1.75 bits per heavy atom. The van der Waals surface area contributed by atoms with Crippen LogP contribution >= 0.6 is 0 Å². The lowest BCUT2D eigenvalue weighted by molar-refractivity contribution is -0.139. The molecule has 0 fully saturated rings. The van der Waals surface area contributed by atoms with Crippen LogP contribution in [-0.2, 0) is 27.2 Å². The number of nitrogens with one attached hydrogen (secondary N) is 1. The molecule has 0 spiro atoms. The van der Waals surface area contributed by atoms with Crippen molar-refractivity contribution >= 4 is 23.3 Å². The Kier molecular flexibility index (Phi) is 7.33. The number of methoxy groups -OCH3 is 4. The summed E-state index contributed by atoms with van der Waals surface area (Å²) in [5.41, 5.74) is 3.34. The zero-order valence-corrected chi connectivity index (χ0v) is 20.4. The molecule has 4 aromatic rings. The molecule has 0 aliphatic carbocycles. The highest BCUT2D eigenvalue weighted by Gasteiger charge is 2.20. The third kappa shape index (κ3) is 4.92. The lowest BCUT2D eigenvalue weighted by Crippen LogP contribution is -2.09. The van der Waals surface area contributed by atoms with Gasteiger partial charge in [-0.1, -0.05) is 12.1 Å². The SMILES string of the molecule is COC(=O)Cc1nc(-c2ccc(C(=O)OC)cc2)c2c(NCc3ccc(OC)cc3OC)nccn12. The van der Waals surface area contributed by atoms with Gasteiger partial charge in [-0.3, -0.25) is 9.20 Å². The van der Waals surface area contributed by atoms with Crippen molar-refractivity contribution < 1.29 is 28.5 Å². The molecule has 0 radical (unpaired) electrons. The number of carbonyl (C=O) groups is 2. The number of ether oxygens (including phenoxy) is 4. The molecule has 0 saturated carbocycles. The molecule has 0 atom stereocenters. The number of nitrogens with zero attached hydrogens (tertiary/aromatic N) is 3. The van der Waals surface area contributed by atoms with Crippen molar-refractivity contribution in [3.8, 4) is 22.8 Å². The van der Waals surface area contributed by atoms with Gasteiger partial charge in [0.05, 0.1) is 34.0 Å². The van der Waals surface area contributed by atoms with Crippen molar-refractivity contribution in [2.45, 2.75) is 13.0 Å². The third-order valence-corrected chi connectivity index (χ3v) is 5.68. The third-order valence-electron chi connectivity index (χ3n) is 5.68. The van der Waals surface area contributed by atoms with Gasteiger partial charge in [0, 0.05) is 36.1 Å². The second-order valence-electron chi connectivity index (χ2n) is 7.72. The van der Waals surface area contributed by atoms with E-state index in [0.717, 1.165) is 11.1 Å². The van der Waals surface area contributed by atoms with E-state index in [4.69, 9.17) is 23.9 Å². The number of carbonyl (C=O) groups excluding carboxylic acids is 2. The Balaban J connectivity index is 1.77. The number of hydrogen-bond donors (Lipinski definition) is 1. The van der Waals surface area contributed by atoms with E-state index in [-0.39, 0.29) is 6.42 Å². The fourth-order valence-corrected chi connectivity index (χ4v) is 3.82. The van der Waals surface area contributed by atoms with Gasteiger partial charge in [0.25, 0.3) is 0 Å². The van der Waals surface area contributed by atoms with Gasteiger partial charge >= 0.3 is 11.9 Å². The lowest BCUT2D eigenvalue weighted by atomic mass is 10.1. The zero-order valence-electron chi connectivity index (χ0n) is 20.4. The minimum Gasteiger partial charge on any atom is -0.497 e. The minimum absolute atomic E-state index is 0.0202. The molecule has 186 valence electrons. The van der Waals surface area contributed by atoms with E-state index in [9.17, 15) is 9.59 Å². The number of rotatable bonds is 9. The van der Waals surface area contributed by atoms with Crippen LogP contribution in [0.1, 0.15) is 21.7 Å². The van der Waals surface area contributed by atoms with Gasteiger partial charge in [-0.2, -0.15) is 0 Å². The number of anilines is 1. The van der Waals surface area contributed by atoms with Crippen molar-refractivity contribution in [2.75, 3.05) is 33.8 Å². The number of esters is 2. The highest BCUT2D eigenvalue weighted by atomic mass is 16.5. The van der Waals surface area contributed by atoms with Crippen LogP contribution in [0.5, 0.6) is 11.5 Å². The summed E-state index contributed by atoms with van der Waals surface area (Å²) >= 11 is 0. The summed E-state index contributed by atoms with van der Waals surface area (Å²) in [5, 5.41) is 3.36. The Hall–Kier alpha value is -4.60. The Bertz CT molecular complexity index is 1400. The summed E-state index contributed by atoms with van der Waals surface area (Å²) in [4.78, 5) is 33.2. The fraction of sp³-hybridized carbons (Fsp3) is 0.231. The Morgan fingerprint density at radius 3 is 2.42 bits per heavy atom. The van der Waals surface area contributed by atoms with Crippen molar-refractivity contribution in [2.24, 2.45) is 0 Å². The van der Waals surface area contributed by atoms with E-state index in [1.165, 1.54) is 14.2 Å². The molecule has 0 amide bonds. The van der Waals surface area contributed by atoms with E-state index in [0.29, 0.717) is 46.5 Å².